The van der Waals surface area contributed by atoms with E-state index in [0.717, 1.165) is 5.56 Å². The summed E-state index contributed by atoms with van der Waals surface area (Å²) in [5.74, 6) is 0.915. The molecule has 3 rings (SSSR count). The largest absolute Gasteiger partial charge is 0.489 e. The first-order chi connectivity index (χ1) is 11.2. The molecule has 3 aromatic rings. The van der Waals surface area contributed by atoms with E-state index in [4.69, 9.17) is 9.26 Å². The van der Waals surface area contributed by atoms with Crippen molar-refractivity contribution in [1.29, 1.82) is 0 Å². The Hall–Kier alpha value is -3.15. The van der Waals surface area contributed by atoms with Crippen LogP contribution in [0.3, 0.4) is 0 Å². The van der Waals surface area contributed by atoms with E-state index >= 15 is 0 Å². The van der Waals surface area contributed by atoms with Crippen LogP contribution in [0.4, 0.5) is 5.69 Å². The lowest BCUT2D eigenvalue weighted by Gasteiger charge is -2.08. The van der Waals surface area contributed by atoms with Gasteiger partial charge in [0.1, 0.15) is 18.1 Å². The highest BCUT2D eigenvalue weighted by Crippen LogP contribution is 2.19. The molecule has 0 fully saturated rings. The number of hydrogen-bond acceptors (Lipinski definition) is 5. The maximum absolute atomic E-state index is 12.0. The lowest BCUT2D eigenvalue weighted by molar-refractivity contribution is 0.101. The molecule has 0 atom stereocenters. The van der Waals surface area contributed by atoms with Crippen molar-refractivity contribution in [2.24, 2.45) is 0 Å². The molecular weight excluding hydrogens is 294 g/mol. The molecule has 0 radical (unpaired) electrons. The highest BCUT2D eigenvalue weighted by Gasteiger charge is 2.11. The van der Waals surface area contributed by atoms with Crippen molar-refractivity contribution in [1.82, 2.24) is 10.1 Å². The quantitative estimate of drug-likeness (QED) is 0.783. The molecule has 2 aromatic heterocycles. The third-order valence-electron chi connectivity index (χ3n) is 3.08. The predicted octanol–water partition coefficient (Wildman–Crippen LogP) is 3.21. The van der Waals surface area contributed by atoms with Crippen LogP contribution in [0, 0.1) is 6.92 Å². The van der Waals surface area contributed by atoms with Crippen LogP contribution < -0.4 is 10.1 Å². The SMILES string of the molecule is Cc1cc(C(=O)Nc2cccc(OCc3cccnc3)c2)no1. The first-order valence-corrected chi connectivity index (χ1v) is 7.07. The van der Waals surface area contributed by atoms with E-state index in [0.29, 0.717) is 23.8 Å². The van der Waals surface area contributed by atoms with Gasteiger partial charge < -0.3 is 14.6 Å². The molecule has 116 valence electrons. The zero-order chi connectivity index (χ0) is 16.1. The number of carbonyl (C=O) groups excluding carboxylic acids is 1. The number of benzene rings is 1. The third-order valence-corrected chi connectivity index (χ3v) is 3.08. The van der Waals surface area contributed by atoms with E-state index < -0.39 is 0 Å². The van der Waals surface area contributed by atoms with Gasteiger partial charge in [-0.25, -0.2) is 0 Å². The van der Waals surface area contributed by atoms with Gasteiger partial charge in [-0.2, -0.15) is 0 Å². The minimum Gasteiger partial charge on any atom is -0.489 e. The van der Waals surface area contributed by atoms with Crippen molar-refractivity contribution < 1.29 is 14.1 Å². The van der Waals surface area contributed by atoms with E-state index in [1.54, 1.807) is 37.5 Å². The summed E-state index contributed by atoms with van der Waals surface area (Å²) in [6.45, 7) is 2.14. The van der Waals surface area contributed by atoms with Gasteiger partial charge in [-0.05, 0) is 25.1 Å². The van der Waals surface area contributed by atoms with E-state index in [9.17, 15) is 4.79 Å². The van der Waals surface area contributed by atoms with Crippen LogP contribution in [0.5, 0.6) is 5.75 Å². The summed E-state index contributed by atoms with van der Waals surface area (Å²) in [5.41, 5.74) is 1.84. The van der Waals surface area contributed by atoms with Gasteiger partial charge in [0.2, 0.25) is 0 Å². The minimum absolute atomic E-state index is 0.240. The second-order valence-electron chi connectivity index (χ2n) is 4.95. The van der Waals surface area contributed by atoms with Gasteiger partial charge in [0.25, 0.3) is 5.91 Å². The third kappa shape index (κ3) is 3.94. The number of amides is 1. The zero-order valence-electron chi connectivity index (χ0n) is 12.5. The van der Waals surface area contributed by atoms with Gasteiger partial charge in [0.05, 0.1) is 0 Å². The molecule has 23 heavy (non-hydrogen) atoms. The van der Waals surface area contributed by atoms with Crippen molar-refractivity contribution in [2.75, 3.05) is 5.32 Å². The van der Waals surface area contributed by atoms with Crippen LogP contribution in [0.15, 0.2) is 59.4 Å². The van der Waals surface area contributed by atoms with Gasteiger partial charge in [0.15, 0.2) is 5.69 Å². The topological polar surface area (TPSA) is 77.2 Å². The fraction of sp³-hybridized carbons (Fsp3) is 0.118. The highest BCUT2D eigenvalue weighted by atomic mass is 16.5. The molecule has 0 aliphatic heterocycles. The van der Waals surface area contributed by atoms with Crippen LogP contribution in [0.25, 0.3) is 0 Å². The van der Waals surface area contributed by atoms with E-state index in [1.165, 1.54) is 0 Å². The number of ether oxygens (including phenoxy) is 1. The molecule has 1 amide bonds. The number of nitrogens with zero attached hydrogens (tertiary/aromatic N) is 2. The Bertz CT molecular complexity index is 800. The Balaban J connectivity index is 1.64. The Morgan fingerprint density at radius 3 is 2.91 bits per heavy atom. The molecule has 6 nitrogen and oxygen atoms in total. The van der Waals surface area contributed by atoms with Crippen molar-refractivity contribution in [2.45, 2.75) is 13.5 Å². The lowest BCUT2D eigenvalue weighted by Crippen LogP contribution is -2.12. The van der Waals surface area contributed by atoms with Gasteiger partial charge in [0, 0.05) is 35.8 Å². The van der Waals surface area contributed by atoms with Crippen molar-refractivity contribution in [3.8, 4) is 5.75 Å². The molecule has 0 aliphatic carbocycles. The minimum atomic E-state index is -0.328. The number of aryl methyl sites for hydroxylation is 1. The zero-order valence-corrected chi connectivity index (χ0v) is 12.5. The lowest BCUT2D eigenvalue weighted by atomic mass is 10.2. The number of aromatic nitrogens is 2. The van der Waals surface area contributed by atoms with Crippen LogP contribution >= 0.6 is 0 Å². The molecule has 0 saturated heterocycles. The Morgan fingerprint density at radius 2 is 2.17 bits per heavy atom. The molecule has 0 saturated carbocycles. The van der Waals surface area contributed by atoms with Crippen molar-refractivity contribution in [3.63, 3.8) is 0 Å². The number of pyridine rings is 1. The normalized spacial score (nSPS) is 10.3. The number of rotatable bonds is 5. The van der Waals surface area contributed by atoms with Gasteiger partial charge >= 0.3 is 0 Å². The molecule has 0 bridgehead atoms. The smallest absolute Gasteiger partial charge is 0.277 e. The second-order valence-corrected chi connectivity index (χ2v) is 4.95. The fourth-order valence-electron chi connectivity index (χ4n) is 1.98. The molecule has 1 N–H and O–H groups in total. The van der Waals surface area contributed by atoms with Crippen LogP contribution in [0.2, 0.25) is 0 Å². The van der Waals surface area contributed by atoms with Crippen LogP contribution in [-0.2, 0) is 6.61 Å². The predicted molar refractivity (Wildman–Crippen MR) is 84.2 cm³/mol. The van der Waals surface area contributed by atoms with Crippen LogP contribution in [0.1, 0.15) is 21.8 Å². The summed E-state index contributed by atoms with van der Waals surface area (Å²) >= 11 is 0. The van der Waals surface area contributed by atoms with Gasteiger partial charge in [-0.3, -0.25) is 9.78 Å². The molecular formula is C17H15N3O3. The summed E-state index contributed by atoms with van der Waals surface area (Å²) < 4.78 is 10.6. The first kappa shape index (κ1) is 14.8. The number of hydrogen-bond donors (Lipinski definition) is 1. The van der Waals surface area contributed by atoms with Crippen LogP contribution in [-0.4, -0.2) is 16.0 Å². The number of nitrogens with one attached hydrogen (secondary N) is 1. The summed E-state index contributed by atoms with van der Waals surface area (Å²) in [7, 11) is 0. The number of carbonyl (C=O) groups is 1. The van der Waals surface area contributed by atoms with Gasteiger partial charge in [-0.15, -0.1) is 0 Å². The Kier molecular flexibility index (Phi) is 4.33. The second kappa shape index (κ2) is 6.74. The van der Waals surface area contributed by atoms with E-state index in [2.05, 4.69) is 15.5 Å². The maximum Gasteiger partial charge on any atom is 0.277 e. The molecule has 0 aliphatic rings. The summed E-state index contributed by atoms with van der Waals surface area (Å²) in [5, 5.41) is 6.44. The average molecular weight is 309 g/mol. The van der Waals surface area contributed by atoms with E-state index in [1.807, 2.05) is 24.3 Å². The van der Waals surface area contributed by atoms with Crippen molar-refractivity contribution in [3.05, 3.63) is 71.9 Å². The summed E-state index contributed by atoms with van der Waals surface area (Å²) in [6.07, 6.45) is 3.46. The van der Waals surface area contributed by atoms with Crippen molar-refractivity contribution >= 4 is 11.6 Å². The molecule has 0 spiro atoms. The Morgan fingerprint density at radius 1 is 1.26 bits per heavy atom. The molecule has 2 heterocycles. The Labute approximate surface area is 133 Å². The average Bonchev–Trinajstić information content (AvgIpc) is 3.01. The standard InChI is InChI=1S/C17H15N3O3/c1-12-8-16(20-23-12)17(21)19-14-5-2-6-15(9-14)22-11-13-4-3-7-18-10-13/h2-10H,11H2,1H3,(H,19,21). The molecule has 6 heteroatoms. The first-order valence-electron chi connectivity index (χ1n) is 7.07. The fourth-order valence-corrected chi connectivity index (χ4v) is 1.98. The monoisotopic (exact) mass is 309 g/mol. The van der Waals surface area contributed by atoms with Gasteiger partial charge in [-0.1, -0.05) is 17.3 Å². The summed E-state index contributed by atoms with van der Waals surface area (Å²) in [4.78, 5) is 16.1. The highest BCUT2D eigenvalue weighted by molar-refractivity contribution is 6.02. The summed E-state index contributed by atoms with van der Waals surface area (Å²) in [6, 6.07) is 12.5. The number of anilines is 1. The molecule has 1 aromatic carbocycles. The van der Waals surface area contributed by atoms with E-state index in [-0.39, 0.29) is 11.6 Å². The maximum atomic E-state index is 12.0. The molecule has 0 unspecified atom stereocenters.